The summed E-state index contributed by atoms with van der Waals surface area (Å²) in [7, 11) is -0.944. The van der Waals surface area contributed by atoms with Gasteiger partial charge in [0.05, 0.1) is 24.8 Å². The van der Waals surface area contributed by atoms with E-state index < -0.39 is 16.1 Å². The number of methoxy groups -OCH3 is 2. The molecule has 0 aliphatic carbocycles. The number of carbonyl (C=O) groups is 1. The van der Waals surface area contributed by atoms with E-state index in [9.17, 15) is 13.2 Å². The van der Waals surface area contributed by atoms with E-state index in [1.165, 1.54) is 36.7 Å². The Morgan fingerprint density at radius 3 is 2.54 bits per heavy atom. The predicted molar refractivity (Wildman–Crippen MR) is 109 cm³/mol. The van der Waals surface area contributed by atoms with Gasteiger partial charge >= 0.3 is 0 Å². The fraction of sp³-hybridized carbons (Fsp3) is 0.316. The van der Waals surface area contributed by atoms with Crippen LogP contribution >= 0.6 is 15.9 Å². The van der Waals surface area contributed by atoms with E-state index in [2.05, 4.69) is 21.2 Å². The number of halogens is 1. The fourth-order valence-corrected chi connectivity index (χ4v) is 5.24. The van der Waals surface area contributed by atoms with Gasteiger partial charge in [-0.3, -0.25) is 4.79 Å². The Balaban J connectivity index is 1.87. The van der Waals surface area contributed by atoms with Crippen LogP contribution in [0.25, 0.3) is 0 Å². The lowest BCUT2D eigenvalue weighted by atomic mass is 10.2. The number of hydrogen-bond acceptors (Lipinski definition) is 5. The first-order valence-corrected chi connectivity index (χ1v) is 10.9. The molecular formula is C19H21BrN2O5S. The van der Waals surface area contributed by atoms with Crippen molar-refractivity contribution in [3.8, 4) is 11.5 Å². The van der Waals surface area contributed by atoms with Crippen LogP contribution in [-0.4, -0.2) is 45.4 Å². The molecule has 9 heteroatoms. The van der Waals surface area contributed by atoms with Crippen molar-refractivity contribution in [2.75, 3.05) is 26.1 Å². The molecule has 1 atom stereocenters. The fourth-order valence-electron chi connectivity index (χ4n) is 3.18. The van der Waals surface area contributed by atoms with Crippen LogP contribution in [-0.2, 0) is 14.8 Å². The molecule has 1 saturated heterocycles. The van der Waals surface area contributed by atoms with Crippen molar-refractivity contribution in [1.29, 1.82) is 0 Å². The van der Waals surface area contributed by atoms with E-state index in [0.717, 1.165) is 4.47 Å². The zero-order valence-electron chi connectivity index (χ0n) is 15.5. The molecule has 1 amide bonds. The maximum absolute atomic E-state index is 13.2. The minimum absolute atomic E-state index is 0.0609. The molecule has 3 rings (SSSR count). The lowest BCUT2D eigenvalue weighted by Gasteiger charge is -2.24. The van der Waals surface area contributed by atoms with Crippen molar-refractivity contribution in [2.45, 2.75) is 23.8 Å². The van der Waals surface area contributed by atoms with Gasteiger partial charge in [0.2, 0.25) is 15.9 Å². The zero-order valence-corrected chi connectivity index (χ0v) is 17.9. The highest BCUT2D eigenvalue weighted by Gasteiger charge is 2.39. The van der Waals surface area contributed by atoms with Crippen molar-refractivity contribution in [3.63, 3.8) is 0 Å². The number of amides is 1. The van der Waals surface area contributed by atoms with Crippen molar-refractivity contribution in [1.82, 2.24) is 4.31 Å². The predicted octanol–water partition coefficient (Wildman–Crippen LogP) is 3.26. The summed E-state index contributed by atoms with van der Waals surface area (Å²) in [5.41, 5.74) is 0.600. The summed E-state index contributed by atoms with van der Waals surface area (Å²) in [6, 6.07) is 10.8. The van der Waals surface area contributed by atoms with Crippen LogP contribution < -0.4 is 14.8 Å². The molecule has 0 bridgehead atoms. The SMILES string of the molecule is COc1ccc(S(=O)(=O)N2CCCC2C(=O)Nc2ccccc2Br)cc1OC. The number of anilines is 1. The largest absolute Gasteiger partial charge is 0.493 e. The van der Waals surface area contributed by atoms with Crippen molar-refractivity contribution < 1.29 is 22.7 Å². The van der Waals surface area contributed by atoms with Gasteiger partial charge < -0.3 is 14.8 Å². The van der Waals surface area contributed by atoms with Gasteiger partial charge in [-0.2, -0.15) is 4.31 Å². The average Bonchev–Trinajstić information content (AvgIpc) is 3.20. The van der Waals surface area contributed by atoms with Gasteiger partial charge in [0.1, 0.15) is 6.04 Å². The second-order valence-corrected chi connectivity index (χ2v) is 9.00. The van der Waals surface area contributed by atoms with E-state index >= 15 is 0 Å². The van der Waals surface area contributed by atoms with Gasteiger partial charge in [0, 0.05) is 17.1 Å². The third-order valence-electron chi connectivity index (χ3n) is 4.60. The van der Waals surface area contributed by atoms with Crippen LogP contribution in [0, 0.1) is 0 Å². The molecule has 28 heavy (non-hydrogen) atoms. The first-order valence-electron chi connectivity index (χ1n) is 8.67. The standard InChI is InChI=1S/C19H21BrN2O5S/c1-26-17-10-9-13(12-18(17)27-2)28(24,25)22-11-5-8-16(22)19(23)21-15-7-4-3-6-14(15)20/h3-4,6-7,9-10,12,16H,5,8,11H2,1-2H3,(H,21,23). The summed E-state index contributed by atoms with van der Waals surface area (Å²) in [6.07, 6.45) is 1.07. The van der Waals surface area contributed by atoms with Crippen LogP contribution in [0.15, 0.2) is 51.8 Å². The third kappa shape index (κ3) is 4.01. The molecule has 1 unspecified atom stereocenters. The number of carbonyl (C=O) groups excluding carboxylic acids is 1. The number of para-hydroxylation sites is 1. The lowest BCUT2D eigenvalue weighted by molar-refractivity contribution is -0.119. The minimum atomic E-state index is -3.87. The summed E-state index contributed by atoms with van der Waals surface area (Å²) >= 11 is 3.38. The van der Waals surface area contributed by atoms with Gasteiger partial charge in [-0.25, -0.2) is 8.42 Å². The molecule has 0 radical (unpaired) electrons. The number of hydrogen-bond donors (Lipinski definition) is 1. The topological polar surface area (TPSA) is 84.9 Å². The van der Waals surface area contributed by atoms with Crippen LogP contribution in [0.2, 0.25) is 0 Å². The van der Waals surface area contributed by atoms with Gasteiger partial charge in [0.15, 0.2) is 11.5 Å². The number of benzene rings is 2. The van der Waals surface area contributed by atoms with Crippen LogP contribution in [0.1, 0.15) is 12.8 Å². The number of rotatable bonds is 6. The molecule has 1 heterocycles. The van der Waals surface area contributed by atoms with Crippen LogP contribution in [0.4, 0.5) is 5.69 Å². The number of nitrogens with zero attached hydrogens (tertiary/aromatic N) is 1. The Morgan fingerprint density at radius 1 is 1.14 bits per heavy atom. The Bertz CT molecular complexity index is 980. The molecule has 0 spiro atoms. The molecular weight excluding hydrogens is 448 g/mol. The molecule has 0 saturated carbocycles. The van der Waals surface area contributed by atoms with E-state index in [0.29, 0.717) is 30.0 Å². The van der Waals surface area contributed by atoms with Crippen molar-refractivity contribution >= 4 is 37.5 Å². The Morgan fingerprint density at radius 2 is 1.86 bits per heavy atom. The monoisotopic (exact) mass is 468 g/mol. The summed E-state index contributed by atoms with van der Waals surface area (Å²) in [5.74, 6) is 0.400. The molecule has 1 N–H and O–H groups in total. The minimum Gasteiger partial charge on any atom is -0.493 e. The lowest BCUT2D eigenvalue weighted by Crippen LogP contribution is -2.43. The molecule has 7 nitrogen and oxygen atoms in total. The molecule has 0 aromatic heterocycles. The summed E-state index contributed by atoms with van der Waals surface area (Å²) in [6.45, 7) is 0.282. The van der Waals surface area contributed by atoms with Crippen molar-refractivity contribution in [2.24, 2.45) is 0 Å². The second-order valence-electron chi connectivity index (χ2n) is 6.26. The maximum atomic E-state index is 13.2. The highest BCUT2D eigenvalue weighted by molar-refractivity contribution is 9.10. The Hall–Kier alpha value is -2.10. The van der Waals surface area contributed by atoms with Gasteiger partial charge in [-0.15, -0.1) is 0 Å². The number of sulfonamides is 1. The molecule has 2 aromatic carbocycles. The maximum Gasteiger partial charge on any atom is 0.243 e. The molecule has 150 valence electrons. The number of ether oxygens (including phenoxy) is 2. The van der Waals surface area contributed by atoms with Crippen LogP contribution in [0.5, 0.6) is 11.5 Å². The molecule has 2 aromatic rings. The summed E-state index contributed by atoms with van der Waals surface area (Å²) < 4.78 is 38.7. The van der Waals surface area contributed by atoms with E-state index in [-0.39, 0.29) is 17.3 Å². The summed E-state index contributed by atoms with van der Waals surface area (Å²) in [5, 5.41) is 2.81. The summed E-state index contributed by atoms with van der Waals surface area (Å²) in [4.78, 5) is 12.9. The molecule has 1 aliphatic rings. The first kappa shape index (κ1) is 20.6. The average molecular weight is 469 g/mol. The Kier molecular flexibility index (Phi) is 6.26. The third-order valence-corrected chi connectivity index (χ3v) is 7.20. The first-order chi connectivity index (χ1) is 13.4. The van der Waals surface area contributed by atoms with Gasteiger partial charge in [-0.05, 0) is 53.0 Å². The van der Waals surface area contributed by atoms with Gasteiger partial charge in [0.25, 0.3) is 0 Å². The quantitative estimate of drug-likeness (QED) is 0.702. The highest BCUT2D eigenvalue weighted by atomic mass is 79.9. The van der Waals surface area contributed by atoms with E-state index in [1.807, 2.05) is 12.1 Å². The normalized spacial score (nSPS) is 17.3. The Labute approximate surface area is 172 Å². The van der Waals surface area contributed by atoms with E-state index in [1.54, 1.807) is 12.1 Å². The highest BCUT2D eigenvalue weighted by Crippen LogP contribution is 2.33. The zero-order chi connectivity index (χ0) is 20.3. The van der Waals surface area contributed by atoms with E-state index in [4.69, 9.17) is 9.47 Å². The molecule has 1 fully saturated rings. The van der Waals surface area contributed by atoms with Crippen molar-refractivity contribution in [3.05, 3.63) is 46.9 Å². The van der Waals surface area contributed by atoms with Gasteiger partial charge in [-0.1, -0.05) is 12.1 Å². The van der Waals surface area contributed by atoms with Crippen LogP contribution in [0.3, 0.4) is 0 Å². The number of nitrogens with one attached hydrogen (secondary N) is 1. The molecule has 1 aliphatic heterocycles. The smallest absolute Gasteiger partial charge is 0.243 e. The second kappa shape index (κ2) is 8.50.